The number of hydrogen-bond donors (Lipinski definition) is 2. The zero-order valence-electron chi connectivity index (χ0n) is 9.72. The van der Waals surface area contributed by atoms with Crippen molar-refractivity contribution in [3.05, 3.63) is 12.4 Å². The molecule has 0 aliphatic rings. The Labute approximate surface area is 100 Å². The molecule has 0 saturated carbocycles. The van der Waals surface area contributed by atoms with Crippen LogP contribution < -0.4 is 5.32 Å². The number of aromatic nitrogens is 2. The van der Waals surface area contributed by atoms with Crippen molar-refractivity contribution < 1.29 is 9.84 Å². The summed E-state index contributed by atoms with van der Waals surface area (Å²) in [5.41, 5.74) is 0. The van der Waals surface area contributed by atoms with Crippen LogP contribution in [0.5, 0.6) is 0 Å². The molecule has 1 heterocycles. The average Bonchev–Trinajstić information content (AvgIpc) is 2.68. The van der Waals surface area contributed by atoms with E-state index in [1.807, 2.05) is 13.2 Å². The highest BCUT2D eigenvalue weighted by molar-refractivity contribution is 7.99. The number of hydrogen-bond acceptors (Lipinski definition) is 5. The van der Waals surface area contributed by atoms with Crippen molar-refractivity contribution in [1.82, 2.24) is 15.1 Å². The third-order valence-electron chi connectivity index (χ3n) is 1.99. The minimum Gasteiger partial charge on any atom is -0.391 e. The zero-order chi connectivity index (χ0) is 11.8. The lowest BCUT2D eigenvalue weighted by Crippen LogP contribution is -2.30. The fourth-order valence-corrected chi connectivity index (χ4v) is 2.02. The molecule has 0 fully saturated rings. The van der Waals surface area contributed by atoms with Crippen LogP contribution in [0.25, 0.3) is 0 Å². The fourth-order valence-electron chi connectivity index (χ4n) is 1.17. The smallest absolute Gasteiger partial charge is 0.0758 e. The number of nitrogens with zero attached hydrogens (tertiary/aromatic N) is 2. The first kappa shape index (κ1) is 13.5. The second-order valence-electron chi connectivity index (χ2n) is 3.51. The molecule has 0 spiro atoms. The van der Waals surface area contributed by atoms with Gasteiger partial charge in [0.25, 0.3) is 0 Å². The van der Waals surface area contributed by atoms with Crippen molar-refractivity contribution in [3.8, 4) is 0 Å². The Morgan fingerprint density at radius 3 is 3.12 bits per heavy atom. The molecule has 5 nitrogen and oxygen atoms in total. The summed E-state index contributed by atoms with van der Waals surface area (Å²) >= 11 is 1.61. The maximum absolute atomic E-state index is 9.67. The molecule has 0 aliphatic carbocycles. The number of thioether (sulfide) groups is 1. The Bertz CT molecular complexity index is 293. The fraction of sp³-hybridized carbons (Fsp3) is 0.700. The number of aryl methyl sites for hydroxylation is 1. The molecule has 0 radical (unpaired) electrons. The molecule has 1 unspecified atom stereocenters. The van der Waals surface area contributed by atoms with Crippen LogP contribution in [0.2, 0.25) is 0 Å². The predicted molar refractivity (Wildman–Crippen MR) is 64.7 cm³/mol. The molecule has 1 aromatic rings. The highest BCUT2D eigenvalue weighted by Crippen LogP contribution is 2.16. The molecule has 0 aromatic carbocycles. The van der Waals surface area contributed by atoms with Crippen molar-refractivity contribution in [2.75, 3.05) is 32.6 Å². The predicted octanol–water partition coefficient (Wildman–Crippen LogP) is 0.109. The number of aliphatic hydroxyl groups is 1. The van der Waals surface area contributed by atoms with Gasteiger partial charge in [-0.05, 0) is 0 Å². The summed E-state index contributed by atoms with van der Waals surface area (Å²) in [6, 6.07) is 0. The summed E-state index contributed by atoms with van der Waals surface area (Å²) in [6.45, 7) is 2.03. The Kier molecular flexibility index (Phi) is 6.47. The maximum Gasteiger partial charge on any atom is 0.0758 e. The molecule has 16 heavy (non-hydrogen) atoms. The zero-order valence-corrected chi connectivity index (χ0v) is 10.5. The normalized spacial score (nSPS) is 12.9. The topological polar surface area (TPSA) is 59.3 Å². The van der Waals surface area contributed by atoms with Crippen LogP contribution >= 0.6 is 11.8 Å². The van der Waals surface area contributed by atoms with Gasteiger partial charge in [0.15, 0.2) is 0 Å². The van der Waals surface area contributed by atoms with E-state index in [0.717, 1.165) is 11.4 Å². The summed E-state index contributed by atoms with van der Waals surface area (Å²) in [6.07, 6.45) is 3.40. The molecule has 0 amide bonds. The van der Waals surface area contributed by atoms with Gasteiger partial charge in [0.2, 0.25) is 0 Å². The third-order valence-corrected chi connectivity index (χ3v) is 3.08. The standard InChI is InChI=1S/C10H19N3O2S/c1-13-7-10(6-12-13)16-8-9(14)5-11-3-4-15-2/h6-7,9,11,14H,3-5,8H2,1-2H3. The Morgan fingerprint density at radius 1 is 1.69 bits per heavy atom. The van der Waals surface area contributed by atoms with Gasteiger partial charge in [0.1, 0.15) is 0 Å². The van der Waals surface area contributed by atoms with Gasteiger partial charge in [0, 0.05) is 44.1 Å². The van der Waals surface area contributed by atoms with E-state index in [2.05, 4.69) is 10.4 Å². The molecule has 1 aromatic heterocycles. The largest absolute Gasteiger partial charge is 0.391 e. The van der Waals surface area contributed by atoms with E-state index >= 15 is 0 Å². The number of rotatable bonds is 8. The van der Waals surface area contributed by atoms with Gasteiger partial charge in [-0.15, -0.1) is 11.8 Å². The molecule has 6 heteroatoms. The molecule has 0 aliphatic heterocycles. The van der Waals surface area contributed by atoms with Crippen LogP contribution in [0.4, 0.5) is 0 Å². The monoisotopic (exact) mass is 245 g/mol. The molecule has 0 saturated heterocycles. The second-order valence-corrected chi connectivity index (χ2v) is 4.60. The molecule has 1 rings (SSSR count). The minimum absolute atomic E-state index is 0.345. The first-order chi connectivity index (χ1) is 7.72. The number of ether oxygens (including phenoxy) is 1. The van der Waals surface area contributed by atoms with Crippen molar-refractivity contribution in [1.29, 1.82) is 0 Å². The summed E-state index contributed by atoms with van der Waals surface area (Å²) < 4.78 is 6.65. The first-order valence-corrected chi connectivity index (χ1v) is 6.20. The van der Waals surface area contributed by atoms with E-state index in [-0.39, 0.29) is 6.10 Å². The lowest BCUT2D eigenvalue weighted by Gasteiger charge is -2.10. The van der Waals surface area contributed by atoms with E-state index in [1.165, 1.54) is 0 Å². The van der Waals surface area contributed by atoms with Gasteiger partial charge in [-0.3, -0.25) is 4.68 Å². The van der Waals surface area contributed by atoms with E-state index in [1.54, 1.807) is 29.8 Å². The molecule has 1 atom stereocenters. The summed E-state index contributed by atoms with van der Waals surface area (Å²) in [5, 5.41) is 16.8. The van der Waals surface area contributed by atoms with E-state index in [0.29, 0.717) is 18.9 Å². The van der Waals surface area contributed by atoms with E-state index < -0.39 is 0 Å². The van der Waals surface area contributed by atoms with Gasteiger partial charge in [-0.1, -0.05) is 0 Å². The van der Waals surface area contributed by atoms with E-state index in [4.69, 9.17) is 4.74 Å². The van der Waals surface area contributed by atoms with Gasteiger partial charge >= 0.3 is 0 Å². The summed E-state index contributed by atoms with van der Waals surface area (Å²) in [7, 11) is 3.54. The van der Waals surface area contributed by atoms with Crippen LogP contribution in [0.1, 0.15) is 0 Å². The number of aliphatic hydroxyl groups excluding tert-OH is 1. The Balaban J connectivity index is 2.08. The highest BCUT2D eigenvalue weighted by Gasteiger charge is 2.05. The Hall–Kier alpha value is -0.560. The average molecular weight is 245 g/mol. The van der Waals surface area contributed by atoms with Crippen LogP contribution in [0, 0.1) is 0 Å². The van der Waals surface area contributed by atoms with Crippen molar-refractivity contribution in [2.45, 2.75) is 11.0 Å². The van der Waals surface area contributed by atoms with Crippen LogP contribution in [-0.2, 0) is 11.8 Å². The van der Waals surface area contributed by atoms with Crippen LogP contribution in [0.15, 0.2) is 17.3 Å². The second kappa shape index (κ2) is 7.67. The van der Waals surface area contributed by atoms with Crippen LogP contribution in [0.3, 0.4) is 0 Å². The van der Waals surface area contributed by atoms with Gasteiger partial charge < -0.3 is 15.2 Å². The van der Waals surface area contributed by atoms with Gasteiger partial charge in [0.05, 0.1) is 18.9 Å². The lowest BCUT2D eigenvalue weighted by molar-refractivity contribution is 0.175. The summed E-state index contributed by atoms with van der Waals surface area (Å²) in [5.74, 6) is 0.672. The minimum atomic E-state index is -0.345. The first-order valence-electron chi connectivity index (χ1n) is 5.21. The van der Waals surface area contributed by atoms with Gasteiger partial charge in [-0.2, -0.15) is 5.10 Å². The number of nitrogens with one attached hydrogen (secondary N) is 1. The SMILES string of the molecule is COCCNCC(O)CSc1cnn(C)c1. The number of methoxy groups -OCH3 is 1. The maximum atomic E-state index is 9.67. The molecule has 2 N–H and O–H groups in total. The van der Waals surface area contributed by atoms with Crippen molar-refractivity contribution in [2.24, 2.45) is 7.05 Å². The third kappa shape index (κ3) is 5.50. The van der Waals surface area contributed by atoms with Gasteiger partial charge in [-0.25, -0.2) is 0 Å². The molecular weight excluding hydrogens is 226 g/mol. The Morgan fingerprint density at radius 2 is 2.50 bits per heavy atom. The molecular formula is C10H19N3O2S. The molecule has 0 bridgehead atoms. The summed E-state index contributed by atoms with van der Waals surface area (Å²) in [4.78, 5) is 1.08. The van der Waals surface area contributed by atoms with Crippen molar-refractivity contribution >= 4 is 11.8 Å². The van der Waals surface area contributed by atoms with E-state index in [9.17, 15) is 5.11 Å². The highest BCUT2D eigenvalue weighted by atomic mass is 32.2. The lowest BCUT2D eigenvalue weighted by atomic mass is 10.4. The quantitative estimate of drug-likeness (QED) is 0.503. The van der Waals surface area contributed by atoms with Crippen molar-refractivity contribution in [3.63, 3.8) is 0 Å². The van der Waals surface area contributed by atoms with Crippen LogP contribution in [-0.4, -0.2) is 53.6 Å². The molecule has 92 valence electrons.